The maximum Gasteiger partial charge on any atom is 0.227 e. The molecule has 0 saturated carbocycles. The molecule has 1 fully saturated rings. The van der Waals surface area contributed by atoms with E-state index >= 15 is 0 Å². The lowest BCUT2D eigenvalue weighted by molar-refractivity contribution is 0.437. The lowest BCUT2D eigenvalue weighted by atomic mass is 9.99. The lowest BCUT2D eigenvalue weighted by Crippen LogP contribution is -2.34. The Kier molecular flexibility index (Phi) is 5.58. The van der Waals surface area contributed by atoms with Crippen LogP contribution < -0.4 is 10.2 Å². The Morgan fingerprint density at radius 3 is 2.44 bits per heavy atom. The molecule has 0 radical (unpaired) electrons. The summed E-state index contributed by atoms with van der Waals surface area (Å²) >= 11 is 0. The first-order valence-corrected chi connectivity index (χ1v) is 10.9. The van der Waals surface area contributed by atoms with E-state index in [2.05, 4.69) is 44.5 Å². The van der Waals surface area contributed by atoms with E-state index in [9.17, 15) is 4.39 Å². The quantitative estimate of drug-likeness (QED) is 0.501. The van der Waals surface area contributed by atoms with Gasteiger partial charge >= 0.3 is 0 Å². The summed E-state index contributed by atoms with van der Waals surface area (Å²) in [6.07, 6.45) is 2.20. The molecule has 1 aliphatic rings. The highest BCUT2D eigenvalue weighted by atomic mass is 19.1. The molecule has 162 valence electrons. The van der Waals surface area contributed by atoms with Gasteiger partial charge in [-0.25, -0.2) is 9.37 Å². The van der Waals surface area contributed by atoms with Gasteiger partial charge in [-0.3, -0.25) is 0 Å². The third-order valence-corrected chi connectivity index (χ3v) is 5.78. The summed E-state index contributed by atoms with van der Waals surface area (Å²) in [4.78, 5) is 16.4. The van der Waals surface area contributed by atoms with Crippen molar-refractivity contribution in [2.24, 2.45) is 5.92 Å². The van der Waals surface area contributed by atoms with E-state index in [-0.39, 0.29) is 5.82 Å². The Morgan fingerprint density at radius 1 is 0.938 bits per heavy atom. The molecular formula is C24H24FN7. The highest BCUT2D eigenvalue weighted by molar-refractivity contribution is 5.85. The van der Waals surface area contributed by atoms with Crippen LogP contribution in [0.1, 0.15) is 25.3 Å². The first kappa shape index (κ1) is 20.2. The minimum Gasteiger partial charge on any atom is -0.355 e. The number of fused-ring (bicyclic) bond motifs is 1. The zero-order valence-electron chi connectivity index (χ0n) is 17.9. The number of hydrogen-bond acceptors (Lipinski definition) is 7. The van der Waals surface area contributed by atoms with Crippen LogP contribution in [0.5, 0.6) is 0 Å². The molecule has 1 N–H and O–H groups in total. The van der Waals surface area contributed by atoms with Gasteiger partial charge in [-0.15, -0.1) is 10.2 Å². The number of hydrogen-bond donors (Lipinski definition) is 1. The fourth-order valence-corrected chi connectivity index (χ4v) is 3.84. The van der Waals surface area contributed by atoms with Crippen LogP contribution in [0.4, 0.5) is 16.2 Å². The molecule has 0 unspecified atom stereocenters. The Labute approximate surface area is 185 Å². The number of benzene rings is 2. The van der Waals surface area contributed by atoms with E-state index in [1.165, 1.54) is 12.1 Å². The second kappa shape index (κ2) is 8.82. The molecule has 2 aromatic carbocycles. The van der Waals surface area contributed by atoms with Crippen molar-refractivity contribution in [1.29, 1.82) is 0 Å². The van der Waals surface area contributed by atoms with Crippen LogP contribution in [-0.4, -0.2) is 38.2 Å². The van der Waals surface area contributed by atoms with Crippen molar-refractivity contribution < 1.29 is 4.39 Å². The number of anilines is 2. The molecule has 1 saturated heterocycles. The summed E-state index contributed by atoms with van der Waals surface area (Å²) in [6, 6.07) is 16.2. The molecule has 4 aromatic rings. The van der Waals surface area contributed by atoms with Crippen LogP contribution >= 0.6 is 0 Å². The van der Waals surface area contributed by atoms with Gasteiger partial charge < -0.3 is 10.2 Å². The number of rotatable bonds is 5. The van der Waals surface area contributed by atoms with Crippen molar-refractivity contribution in [3.05, 3.63) is 66.0 Å². The molecular weight excluding hydrogens is 405 g/mol. The lowest BCUT2D eigenvalue weighted by Gasteiger charge is -2.31. The standard InChI is InChI=1S/C24H24FN7/c1-16-11-13-32(14-12-16)23-20-22(28-24(29-23)26-15-17-5-3-2-4-6-17)31-30-21(27-20)18-7-9-19(25)10-8-18/h2-10,16H,11-15H2,1H3,(H,26,28,29,31). The first-order valence-electron chi connectivity index (χ1n) is 10.9. The van der Waals surface area contributed by atoms with E-state index < -0.39 is 0 Å². The van der Waals surface area contributed by atoms with E-state index in [1.54, 1.807) is 12.1 Å². The van der Waals surface area contributed by atoms with Crippen LogP contribution in [0, 0.1) is 11.7 Å². The molecule has 1 aliphatic heterocycles. The van der Waals surface area contributed by atoms with Gasteiger partial charge in [-0.05, 0) is 48.6 Å². The second-order valence-corrected chi connectivity index (χ2v) is 8.19. The number of aromatic nitrogens is 5. The van der Waals surface area contributed by atoms with Crippen molar-refractivity contribution in [2.45, 2.75) is 26.3 Å². The van der Waals surface area contributed by atoms with Gasteiger partial charge in [-0.2, -0.15) is 9.97 Å². The van der Waals surface area contributed by atoms with Gasteiger partial charge in [0, 0.05) is 25.2 Å². The average Bonchev–Trinajstić information content (AvgIpc) is 2.84. The van der Waals surface area contributed by atoms with Gasteiger partial charge in [0.15, 0.2) is 17.2 Å². The van der Waals surface area contributed by atoms with Gasteiger partial charge in [0.1, 0.15) is 5.82 Å². The van der Waals surface area contributed by atoms with Gasteiger partial charge in [-0.1, -0.05) is 37.3 Å². The van der Waals surface area contributed by atoms with Crippen molar-refractivity contribution in [3.8, 4) is 11.4 Å². The highest BCUT2D eigenvalue weighted by Crippen LogP contribution is 2.28. The normalized spacial score (nSPS) is 14.6. The van der Waals surface area contributed by atoms with Crippen LogP contribution in [-0.2, 0) is 6.54 Å². The highest BCUT2D eigenvalue weighted by Gasteiger charge is 2.22. The molecule has 7 nitrogen and oxygen atoms in total. The van der Waals surface area contributed by atoms with E-state index in [0.29, 0.717) is 41.0 Å². The molecule has 0 spiro atoms. The first-order chi connectivity index (χ1) is 15.7. The topological polar surface area (TPSA) is 79.7 Å². The largest absolute Gasteiger partial charge is 0.355 e. The molecule has 0 atom stereocenters. The van der Waals surface area contributed by atoms with Gasteiger partial charge in [0.05, 0.1) is 0 Å². The summed E-state index contributed by atoms with van der Waals surface area (Å²) in [6.45, 7) is 4.69. The summed E-state index contributed by atoms with van der Waals surface area (Å²) in [5.74, 6) is 2.08. The van der Waals surface area contributed by atoms with Crippen molar-refractivity contribution >= 4 is 22.9 Å². The smallest absolute Gasteiger partial charge is 0.227 e. The molecule has 3 heterocycles. The van der Waals surface area contributed by atoms with Crippen molar-refractivity contribution in [3.63, 3.8) is 0 Å². The monoisotopic (exact) mass is 429 g/mol. The maximum atomic E-state index is 13.3. The Balaban J connectivity index is 1.53. The minimum absolute atomic E-state index is 0.303. The third kappa shape index (κ3) is 4.34. The SMILES string of the molecule is CC1CCN(c2nc(NCc3ccccc3)nc3nnc(-c4ccc(F)cc4)nc23)CC1. The van der Waals surface area contributed by atoms with Crippen LogP contribution in [0.2, 0.25) is 0 Å². The Hall–Kier alpha value is -3.68. The summed E-state index contributed by atoms with van der Waals surface area (Å²) in [7, 11) is 0. The van der Waals surface area contributed by atoms with E-state index in [0.717, 1.165) is 37.3 Å². The van der Waals surface area contributed by atoms with Crippen LogP contribution in [0.3, 0.4) is 0 Å². The molecule has 0 amide bonds. The minimum atomic E-state index is -0.303. The molecule has 0 aliphatic carbocycles. The number of halogens is 1. The molecule has 8 heteroatoms. The van der Waals surface area contributed by atoms with E-state index in [4.69, 9.17) is 9.97 Å². The molecule has 32 heavy (non-hydrogen) atoms. The van der Waals surface area contributed by atoms with Gasteiger partial charge in [0.25, 0.3) is 0 Å². The maximum absolute atomic E-state index is 13.3. The predicted molar refractivity (Wildman–Crippen MR) is 123 cm³/mol. The summed E-state index contributed by atoms with van der Waals surface area (Å²) in [5, 5.41) is 11.9. The Bertz CT molecular complexity index is 1210. The number of nitrogens with one attached hydrogen (secondary N) is 1. The summed E-state index contributed by atoms with van der Waals surface area (Å²) < 4.78 is 13.3. The number of piperidine rings is 1. The molecule has 0 bridgehead atoms. The van der Waals surface area contributed by atoms with Crippen LogP contribution in [0.25, 0.3) is 22.6 Å². The zero-order valence-corrected chi connectivity index (χ0v) is 17.9. The second-order valence-electron chi connectivity index (χ2n) is 8.19. The average molecular weight is 430 g/mol. The van der Waals surface area contributed by atoms with Crippen molar-refractivity contribution in [1.82, 2.24) is 25.1 Å². The molecule has 2 aromatic heterocycles. The predicted octanol–water partition coefficient (Wildman–Crippen LogP) is 4.47. The molecule has 5 rings (SSSR count). The fourth-order valence-electron chi connectivity index (χ4n) is 3.84. The van der Waals surface area contributed by atoms with Crippen molar-refractivity contribution in [2.75, 3.05) is 23.3 Å². The number of nitrogens with zero attached hydrogens (tertiary/aromatic N) is 6. The third-order valence-electron chi connectivity index (χ3n) is 5.78. The van der Waals surface area contributed by atoms with E-state index in [1.807, 2.05) is 18.2 Å². The Morgan fingerprint density at radius 2 is 1.69 bits per heavy atom. The zero-order chi connectivity index (χ0) is 21.9. The fraction of sp³-hybridized carbons (Fsp3) is 0.292. The van der Waals surface area contributed by atoms with Crippen LogP contribution in [0.15, 0.2) is 54.6 Å². The van der Waals surface area contributed by atoms with Gasteiger partial charge in [0.2, 0.25) is 11.6 Å². The summed E-state index contributed by atoms with van der Waals surface area (Å²) in [5.41, 5.74) is 2.89.